The molecule has 0 radical (unpaired) electrons. The molecule has 0 aliphatic carbocycles. The molecule has 2 heterocycles. The number of nitrogens with one attached hydrogen (secondary N) is 2. The Hall–Kier alpha value is -1.06. The van der Waals surface area contributed by atoms with Crippen LogP contribution in [0.25, 0.3) is 0 Å². The van der Waals surface area contributed by atoms with E-state index in [2.05, 4.69) is 50.7 Å². The Morgan fingerprint density at radius 2 is 1.90 bits per heavy atom. The molecule has 3 rings (SSSR count). The van der Waals surface area contributed by atoms with Gasteiger partial charge in [-0.1, -0.05) is 12.1 Å². The molecule has 1 unspecified atom stereocenters. The van der Waals surface area contributed by atoms with Crippen LogP contribution >= 0.6 is 24.0 Å². The summed E-state index contributed by atoms with van der Waals surface area (Å²) in [4.78, 5) is 9.44. The first kappa shape index (κ1) is 24.2. The predicted molar refractivity (Wildman–Crippen MR) is 132 cm³/mol. The molecular formula is C22H38IN5O. The molecule has 7 heteroatoms. The van der Waals surface area contributed by atoms with Gasteiger partial charge in [0.1, 0.15) is 5.75 Å². The molecule has 164 valence electrons. The number of aliphatic imine (C=N–C) groups is 1. The molecule has 2 aliphatic rings. The highest BCUT2D eigenvalue weighted by Crippen LogP contribution is 2.27. The number of halogens is 1. The molecular weight excluding hydrogens is 477 g/mol. The zero-order valence-electron chi connectivity index (χ0n) is 18.2. The van der Waals surface area contributed by atoms with Crippen molar-refractivity contribution in [3.05, 3.63) is 29.8 Å². The van der Waals surface area contributed by atoms with E-state index in [9.17, 15) is 0 Å². The zero-order valence-corrected chi connectivity index (χ0v) is 20.5. The maximum Gasteiger partial charge on any atom is 0.191 e. The van der Waals surface area contributed by atoms with Crippen LogP contribution in [-0.4, -0.2) is 76.2 Å². The van der Waals surface area contributed by atoms with Gasteiger partial charge in [-0.3, -0.25) is 9.89 Å². The third-order valence-corrected chi connectivity index (χ3v) is 6.14. The quantitative estimate of drug-likeness (QED) is 0.333. The van der Waals surface area contributed by atoms with Crippen LogP contribution in [-0.2, 0) is 0 Å². The summed E-state index contributed by atoms with van der Waals surface area (Å²) in [6.45, 7) is 6.56. The number of piperidine rings is 1. The largest absolute Gasteiger partial charge is 0.497 e. The number of guanidine groups is 1. The number of hydrogen-bond donors (Lipinski definition) is 2. The fourth-order valence-electron chi connectivity index (χ4n) is 4.28. The number of nitrogens with zero attached hydrogens (tertiary/aromatic N) is 3. The Morgan fingerprint density at radius 1 is 1.17 bits per heavy atom. The van der Waals surface area contributed by atoms with Crippen LogP contribution < -0.4 is 15.4 Å². The minimum absolute atomic E-state index is 0. The first-order valence-corrected chi connectivity index (χ1v) is 10.7. The van der Waals surface area contributed by atoms with Gasteiger partial charge in [0.05, 0.1) is 13.2 Å². The maximum absolute atomic E-state index is 5.45. The summed E-state index contributed by atoms with van der Waals surface area (Å²) in [6.07, 6.45) is 5.09. The van der Waals surface area contributed by atoms with E-state index in [-0.39, 0.29) is 24.0 Å². The number of methoxy groups -OCH3 is 1. The van der Waals surface area contributed by atoms with Crippen molar-refractivity contribution in [1.82, 2.24) is 20.4 Å². The summed E-state index contributed by atoms with van der Waals surface area (Å²) in [5.41, 5.74) is 1.31. The van der Waals surface area contributed by atoms with Crippen LogP contribution in [0.15, 0.2) is 29.3 Å². The Kier molecular flexibility index (Phi) is 10.5. The number of likely N-dealkylation sites (tertiary alicyclic amines) is 2. The molecule has 6 nitrogen and oxygen atoms in total. The molecule has 0 spiro atoms. The monoisotopic (exact) mass is 515 g/mol. The summed E-state index contributed by atoms with van der Waals surface area (Å²) in [5, 5.41) is 7.13. The molecule has 29 heavy (non-hydrogen) atoms. The first-order valence-electron chi connectivity index (χ1n) is 10.7. The summed E-state index contributed by atoms with van der Waals surface area (Å²) < 4.78 is 5.45. The van der Waals surface area contributed by atoms with Crippen LogP contribution in [0.5, 0.6) is 5.75 Å². The van der Waals surface area contributed by atoms with Crippen molar-refractivity contribution in [3.63, 3.8) is 0 Å². The lowest BCUT2D eigenvalue weighted by molar-refractivity contribution is 0.219. The van der Waals surface area contributed by atoms with Crippen molar-refractivity contribution in [2.24, 2.45) is 10.9 Å². The van der Waals surface area contributed by atoms with Crippen molar-refractivity contribution < 1.29 is 4.74 Å². The Labute approximate surface area is 193 Å². The molecule has 0 bridgehead atoms. The molecule has 1 atom stereocenters. The van der Waals surface area contributed by atoms with Crippen LogP contribution in [0.2, 0.25) is 0 Å². The highest BCUT2D eigenvalue weighted by Gasteiger charge is 2.24. The van der Waals surface area contributed by atoms with Crippen molar-refractivity contribution in [2.45, 2.75) is 31.7 Å². The number of ether oxygens (including phenoxy) is 1. The lowest BCUT2D eigenvalue weighted by Crippen LogP contribution is -2.45. The first-order chi connectivity index (χ1) is 13.7. The van der Waals surface area contributed by atoms with E-state index < -0.39 is 0 Å². The average Bonchev–Trinajstić information content (AvgIpc) is 3.26. The third kappa shape index (κ3) is 7.29. The van der Waals surface area contributed by atoms with E-state index in [0.29, 0.717) is 6.04 Å². The zero-order chi connectivity index (χ0) is 19.8. The smallest absolute Gasteiger partial charge is 0.191 e. The van der Waals surface area contributed by atoms with Crippen LogP contribution in [0.1, 0.15) is 37.3 Å². The molecule has 0 saturated carbocycles. The van der Waals surface area contributed by atoms with E-state index in [0.717, 1.165) is 43.8 Å². The fourth-order valence-corrected chi connectivity index (χ4v) is 4.28. The third-order valence-electron chi connectivity index (χ3n) is 6.14. The van der Waals surface area contributed by atoms with Gasteiger partial charge in [0.25, 0.3) is 0 Å². The second-order valence-corrected chi connectivity index (χ2v) is 8.12. The van der Waals surface area contributed by atoms with Gasteiger partial charge in [-0.25, -0.2) is 0 Å². The van der Waals surface area contributed by atoms with Gasteiger partial charge >= 0.3 is 0 Å². The second-order valence-electron chi connectivity index (χ2n) is 8.12. The highest BCUT2D eigenvalue weighted by molar-refractivity contribution is 14.0. The standard InChI is InChI=1S/C22H37N5O.HI/c1-23-22(24-16-18-9-13-26(2)14-10-18)25-17-21(27-11-4-5-12-27)19-7-6-8-20(15-19)28-3;/h6-8,15,18,21H,4-5,9-14,16-17H2,1-3H3,(H2,23,24,25);1H. The molecule has 2 saturated heterocycles. The van der Waals surface area contributed by atoms with Gasteiger partial charge in [-0.2, -0.15) is 0 Å². The maximum atomic E-state index is 5.45. The summed E-state index contributed by atoms with van der Waals surface area (Å²) in [7, 11) is 5.80. The van der Waals surface area contributed by atoms with Gasteiger partial charge in [-0.15, -0.1) is 24.0 Å². The molecule has 2 fully saturated rings. The van der Waals surface area contributed by atoms with Crippen molar-refractivity contribution >= 4 is 29.9 Å². The molecule has 2 N–H and O–H groups in total. The van der Waals surface area contributed by atoms with Crippen LogP contribution in [0.3, 0.4) is 0 Å². The number of benzene rings is 1. The molecule has 2 aliphatic heterocycles. The molecule has 1 aromatic carbocycles. The number of hydrogen-bond acceptors (Lipinski definition) is 4. The minimum atomic E-state index is 0. The molecule has 0 aromatic heterocycles. The van der Waals surface area contributed by atoms with Crippen molar-refractivity contribution in [1.29, 1.82) is 0 Å². The topological polar surface area (TPSA) is 52.1 Å². The predicted octanol–water partition coefficient (Wildman–Crippen LogP) is 2.96. The van der Waals surface area contributed by atoms with Crippen LogP contribution in [0, 0.1) is 5.92 Å². The van der Waals surface area contributed by atoms with Gasteiger partial charge in [0, 0.05) is 20.1 Å². The second kappa shape index (κ2) is 12.6. The molecule has 0 amide bonds. The van der Waals surface area contributed by atoms with E-state index in [1.165, 1.54) is 44.3 Å². The van der Waals surface area contributed by atoms with Gasteiger partial charge in [0.2, 0.25) is 0 Å². The van der Waals surface area contributed by atoms with Gasteiger partial charge < -0.3 is 20.3 Å². The van der Waals surface area contributed by atoms with Crippen molar-refractivity contribution in [2.75, 3.05) is 60.5 Å². The van der Waals surface area contributed by atoms with E-state index in [1.54, 1.807) is 7.11 Å². The van der Waals surface area contributed by atoms with Crippen molar-refractivity contribution in [3.8, 4) is 5.75 Å². The van der Waals surface area contributed by atoms with Crippen LogP contribution in [0.4, 0.5) is 0 Å². The Bertz CT molecular complexity index is 627. The van der Waals surface area contributed by atoms with Gasteiger partial charge in [0.15, 0.2) is 5.96 Å². The highest BCUT2D eigenvalue weighted by atomic mass is 127. The summed E-state index contributed by atoms with van der Waals surface area (Å²) in [5.74, 6) is 2.57. The normalized spacial score (nSPS) is 20.2. The average molecular weight is 515 g/mol. The molecule has 1 aromatic rings. The van der Waals surface area contributed by atoms with E-state index in [4.69, 9.17) is 4.74 Å². The number of rotatable bonds is 7. The fraction of sp³-hybridized carbons (Fsp3) is 0.682. The Balaban J connectivity index is 0.00000300. The summed E-state index contributed by atoms with van der Waals surface area (Å²) in [6, 6.07) is 8.81. The lowest BCUT2D eigenvalue weighted by atomic mass is 9.97. The van der Waals surface area contributed by atoms with E-state index >= 15 is 0 Å². The Morgan fingerprint density at radius 3 is 2.55 bits per heavy atom. The SMILES string of the molecule is CN=C(NCC1CCN(C)CC1)NCC(c1cccc(OC)c1)N1CCCC1.I. The minimum Gasteiger partial charge on any atom is -0.497 e. The lowest BCUT2D eigenvalue weighted by Gasteiger charge is -2.31. The van der Waals surface area contributed by atoms with Gasteiger partial charge in [-0.05, 0) is 82.5 Å². The summed E-state index contributed by atoms with van der Waals surface area (Å²) >= 11 is 0. The van der Waals surface area contributed by atoms with E-state index in [1.807, 2.05) is 13.1 Å².